The van der Waals surface area contributed by atoms with Crippen LogP contribution in [0.5, 0.6) is 0 Å². The molecule has 2 aliphatic rings. The summed E-state index contributed by atoms with van der Waals surface area (Å²) < 4.78 is 25.3. The maximum Gasteiger partial charge on any atom is 0.319 e. The molecule has 7 rings (SSSR count). The second-order valence-electron chi connectivity index (χ2n) is 13.9. The Kier molecular flexibility index (Phi) is 12.4. The molecule has 18 heteroatoms. The maximum atomic E-state index is 13.0. The van der Waals surface area contributed by atoms with Crippen molar-refractivity contribution in [3.63, 3.8) is 0 Å². The Hall–Kier alpha value is -5.33. The van der Waals surface area contributed by atoms with Crippen molar-refractivity contribution in [2.75, 3.05) is 35.2 Å². The summed E-state index contributed by atoms with van der Waals surface area (Å²) in [6.45, 7) is 3.08. The van der Waals surface area contributed by atoms with E-state index in [9.17, 15) is 28.2 Å². The molecular formula is C38H45ClN10O6S. The third-order valence-corrected chi connectivity index (χ3v) is 11.1. The Morgan fingerprint density at radius 3 is 2.30 bits per heavy atom. The van der Waals surface area contributed by atoms with Gasteiger partial charge in [-0.3, -0.25) is 4.79 Å². The van der Waals surface area contributed by atoms with Gasteiger partial charge in [0.1, 0.15) is 12.2 Å². The Morgan fingerprint density at radius 2 is 1.64 bits per heavy atom. The van der Waals surface area contributed by atoms with Gasteiger partial charge in [0.15, 0.2) is 17.0 Å². The monoisotopic (exact) mass is 804 g/mol. The minimum absolute atomic E-state index is 0. The lowest BCUT2D eigenvalue weighted by Crippen LogP contribution is -2.42. The normalized spacial score (nSPS) is 20.8. The van der Waals surface area contributed by atoms with Crippen LogP contribution >= 0.6 is 12.4 Å². The third kappa shape index (κ3) is 8.87. The van der Waals surface area contributed by atoms with E-state index < -0.39 is 40.3 Å². The lowest BCUT2D eigenvalue weighted by atomic mass is 9.91. The highest BCUT2D eigenvalue weighted by molar-refractivity contribution is 7.89. The number of sulfonamides is 1. The summed E-state index contributed by atoms with van der Waals surface area (Å²) >= 11 is 0. The number of amides is 3. The number of aromatic nitrogens is 4. The highest BCUT2D eigenvalue weighted by Crippen LogP contribution is 2.35. The van der Waals surface area contributed by atoms with Crippen LogP contribution in [0.2, 0.25) is 0 Å². The minimum Gasteiger partial charge on any atom is -0.388 e. The third-order valence-electron chi connectivity index (χ3n) is 10.2. The topological polar surface area (TPSA) is 230 Å². The van der Waals surface area contributed by atoms with Crippen molar-refractivity contribution < 1.29 is 28.2 Å². The number of hydrogen-bond donors (Lipinski definition) is 7. The molecule has 3 aromatic carbocycles. The second-order valence-corrected chi connectivity index (χ2v) is 15.4. The molecular weight excluding hydrogens is 760 g/mol. The van der Waals surface area contributed by atoms with Crippen LogP contribution in [0.4, 0.5) is 22.2 Å². The van der Waals surface area contributed by atoms with Gasteiger partial charge in [0.2, 0.25) is 21.9 Å². The highest BCUT2D eigenvalue weighted by atomic mass is 35.5. The van der Waals surface area contributed by atoms with Gasteiger partial charge in [0, 0.05) is 43.7 Å². The Bertz CT molecular complexity index is 2230. The van der Waals surface area contributed by atoms with Crippen LogP contribution in [0.15, 0.2) is 96.2 Å². The van der Waals surface area contributed by atoms with Gasteiger partial charge in [0.05, 0.1) is 23.3 Å². The quantitative estimate of drug-likeness (QED) is 0.0969. The van der Waals surface area contributed by atoms with E-state index >= 15 is 0 Å². The van der Waals surface area contributed by atoms with Gasteiger partial charge in [-0.2, -0.15) is 9.97 Å². The number of aliphatic hydroxyl groups excluding tert-OH is 2. The molecule has 1 saturated carbocycles. The number of urea groups is 1. The van der Waals surface area contributed by atoms with E-state index in [1.807, 2.05) is 41.3 Å². The molecule has 1 aliphatic heterocycles. The first kappa shape index (κ1) is 40.3. The number of benzene rings is 3. The zero-order valence-corrected chi connectivity index (χ0v) is 32.2. The van der Waals surface area contributed by atoms with Gasteiger partial charge in [0.25, 0.3) is 0 Å². The molecule has 2 unspecified atom stereocenters. The first-order valence-corrected chi connectivity index (χ1v) is 19.7. The number of carbonyl (C=O) groups excluding carboxylic acids is 2. The summed E-state index contributed by atoms with van der Waals surface area (Å²) in [5, 5.41) is 39.3. The molecule has 56 heavy (non-hydrogen) atoms. The zero-order chi connectivity index (χ0) is 38.7. The van der Waals surface area contributed by atoms with Gasteiger partial charge < -0.3 is 40.9 Å². The molecule has 2 aromatic heterocycles. The second kappa shape index (κ2) is 17.2. The van der Waals surface area contributed by atoms with E-state index in [4.69, 9.17) is 20.1 Å². The molecule has 0 spiro atoms. The molecule has 296 valence electrons. The number of anilines is 3. The summed E-state index contributed by atoms with van der Waals surface area (Å²) in [4.78, 5) is 41.6. The van der Waals surface area contributed by atoms with Crippen molar-refractivity contribution in [1.29, 1.82) is 0 Å². The van der Waals surface area contributed by atoms with Crippen LogP contribution in [0.3, 0.4) is 0 Å². The fourth-order valence-corrected chi connectivity index (χ4v) is 7.87. The average Bonchev–Trinajstić information content (AvgIpc) is 3.90. The number of fused-ring (bicyclic) bond motifs is 1. The molecule has 16 nitrogen and oxygen atoms in total. The van der Waals surface area contributed by atoms with Gasteiger partial charge in [-0.25, -0.2) is 23.3 Å². The van der Waals surface area contributed by atoms with Gasteiger partial charge >= 0.3 is 6.03 Å². The van der Waals surface area contributed by atoms with E-state index in [0.29, 0.717) is 49.0 Å². The van der Waals surface area contributed by atoms with E-state index in [2.05, 4.69) is 45.5 Å². The number of nitrogens with zero attached hydrogens (tertiary/aromatic N) is 5. The van der Waals surface area contributed by atoms with Crippen LogP contribution in [0.25, 0.3) is 11.2 Å². The molecule has 3 heterocycles. The number of primary sulfonamides is 1. The van der Waals surface area contributed by atoms with Crippen LogP contribution in [0, 0.1) is 0 Å². The summed E-state index contributed by atoms with van der Waals surface area (Å²) in [6, 6.07) is 23.9. The van der Waals surface area contributed by atoms with Gasteiger partial charge in [-0.05, 0) is 42.2 Å². The van der Waals surface area contributed by atoms with Crippen LogP contribution in [0.1, 0.15) is 49.3 Å². The molecule has 5 aromatic rings. The SMILES string of the molecule is CCC(=O)N[C@@H]1C[C@@H](n2cnc3c(NCC(c4ccccc4)c4ccccc4)nc(N4CCC(NC(=O)Nc5cccc(S(N)(=O)=O)c5)C4)nc32)[C@H](O)C1O.Cl. The Labute approximate surface area is 330 Å². The van der Waals surface area contributed by atoms with Crippen molar-refractivity contribution in [3.05, 3.63) is 102 Å². The smallest absolute Gasteiger partial charge is 0.319 e. The van der Waals surface area contributed by atoms with Crippen molar-refractivity contribution in [3.8, 4) is 0 Å². The van der Waals surface area contributed by atoms with Crippen LogP contribution in [-0.4, -0.2) is 94.0 Å². The Balaban J connectivity index is 0.00000532. The summed E-state index contributed by atoms with van der Waals surface area (Å²) in [6.07, 6.45) is 0.276. The number of hydrogen-bond acceptors (Lipinski definition) is 11. The van der Waals surface area contributed by atoms with Crippen molar-refractivity contribution >= 4 is 63.0 Å². The number of nitrogens with one attached hydrogen (secondary N) is 4. The van der Waals surface area contributed by atoms with Gasteiger partial charge in [-0.1, -0.05) is 73.7 Å². The van der Waals surface area contributed by atoms with E-state index in [-0.39, 0.29) is 53.7 Å². The summed E-state index contributed by atoms with van der Waals surface area (Å²) in [7, 11) is -3.94. The van der Waals surface area contributed by atoms with Crippen molar-refractivity contribution in [1.82, 2.24) is 30.2 Å². The molecule has 8 N–H and O–H groups in total. The largest absolute Gasteiger partial charge is 0.388 e. The van der Waals surface area contributed by atoms with Crippen molar-refractivity contribution in [2.24, 2.45) is 5.14 Å². The number of nitrogens with two attached hydrogens (primary N) is 1. The summed E-state index contributed by atoms with van der Waals surface area (Å²) in [5.41, 5.74) is 3.41. The average molecular weight is 805 g/mol. The zero-order valence-electron chi connectivity index (χ0n) is 30.5. The molecule has 2 fully saturated rings. The summed E-state index contributed by atoms with van der Waals surface area (Å²) in [5.74, 6) is 0.598. The molecule has 1 aliphatic carbocycles. The van der Waals surface area contributed by atoms with Crippen LogP contribution < -0.4 is 31.3 Å². The molecule has 0 radical (unpaired) electrons. The fraction of sp³-hybridized carbons (Fsp3) is 0.342. The first-order chi connectivity index (χ1) is 26.5. The predicted octanol–water partition coefficient (Wildman–Crippen LogP) is 3.10. The van der Waals surface area contributed by atoms with Crippen LogP contribution in [-0.2, 0) is 14.8 Å². The van der Waals surface area contributed by atoms with Gasteiger partial charge in [-0.15, -0.1) is 12.4 Å². The maximum absolute atomic E-state index is 13.0. The predicted molar refractivity (Wildman–Crippen MR) is 214 cm³/mol. The van der Waals surface area contributed by atoms with E-state index in [0.717, 1.165) is 11.1 Å². The molecule has 0 bridgehead atoms. The molecule has 1 saturated heterocycles. The lowest BCUT2D eigenvalue weighted by Gasteiger charge is -2.22. The highest BCUT2D eigenvalue weighted by Gasteiger charge is 2.44. The fourth-order valence-electron chi connectivity index (χ4n) is 7.31. The van der Waals surface area contributed by atoms with Crippen molar-refractivity contribution in [2.45, 2.75) is 67.3 Å². The first-order valence-electron chi connectivity index (χ1n) is 18.2. The van der Waals surface area contributed by atoms with E-state index in [1.54, 1.807) is 23.9 Å². The minimum atomic E-state index is -3.94. The standard InChI is InChI=1S/C38H44N10O6S.ClH/c1-2-31(49)44-29-19-30(34(51)33(29)50)48-22-41-32-35(40-20-28(23-10-5-3-6-11-23)24-12-7-4-8-13-24)45-37(46-36(32)48)47-17-16-26(21-47)43-38(52)42-25-14-9-15-27(18-25)55(39,53)54;/h3-15,18,22,26,28-30,33-34,50-51H,2,16-17,19-21H2,1H3,(H,44,49)(H2,39,53,54)(H,40,45,46)(H2,42,43,52);1H/t26?,29-,30-,33?,34+;/m1./s1. The lowest BCUT2D eigenvalue weighted by molar-refractivity contribution is -0.122. The molecule has 3 amide bonds. The molecule has 5 atom stereocenters. The number of rotatable bonds is 12. The number of aliphatic hydroxyl groups is 2. The number of halogens is 1. The number of imidazole rings is 1. The Morgan fingerprint density at radius 1 is 0.946 bits per heavy atom. The number of carbonyl (C=O) groups is 2. The van der Waals surface area contributed by atoms with E-state index in [1.165, 1.54) is 18.2 Å².